The minimum absolute atomic E-state index is 0.00259. The van der Waals surface area contributed by atoms with Gasteiger partial charge in [-0.3, -0.25) is 9.11 Å². The second-order valence-corrected chi connectivity index (χ2v) is 26.7. The van der Waals surface area contributed by atoms with Crippen molar-refractivity contribution in [1.82, 2.24) is 0 Å². The van der Waals surface area contributed by atoms with E-state index >= 15 is 0 Å². The Morgan fingerprint density at radius 2 is 0.489 bits per heavy atom. The fraction of sp³-hybridized carbons (Fsp3) is 0.400. The highest BCUT2D eigenvalue weighted by atomic mass is 32.2. The van der Waals surface area contributed by atoms with Crippen LogP contribution in [-0.2, 0) is 79.1 Å². The van der Waals surface area contributed by atoms with Gasteiger partial charge in [-0.25, -0.2) is 0 Å². The Hall–Kier alpha value is -8.82. The zero-order valence-electron chi connectivity index (χ0n) is 49.2. The number of hydrogen-bond donors (Lipinski definition) is 20. The highest BCUT2D eigenvalue weighted by Gasteiger charge is 2.36. The van der Waals surface area contributed by atoms with Gasteiger partial charge in [0.05, 0.1) is 0 Å². The van der Waals surface area contributed by atoms with Gasteiger partial charge in [-0.1, -0.05) is 104 Å². The summed E-state index contributed by atoms with van der Waals surface area (Å²) >= 11 is 0. The average molecular weight is 1360 g/mol. The Labute approximate surface area is 507 Å². The van der Waals surface area contributed by atoms with E-state index in [9.17, 15) is 93.4 Å². The van der Waals surface area contributed by atoms with Crippen LogP contribution in [0.4, 0.5) is 0 Å². The summed E-state index contributed by atoms with van der Waals surface area (Å²) in [7, 11) is -19.0. The lowest BCUT2D eigenvalue weighted by Crippen LogP contribution is -2.16. The van der Waals surface area contributed by atoms with E-state index < -0.39 is 164 Å². The Kier molecular flexibility index (Phi) is 29.6. The number of phenolic OH excluding ortho intramolecular Hbond substituents is 18. The first kappa shape index (κ1) is 83.4. The van der Waals surface area contributed by atoms with Crippen LogP contribution in [0.2, 0.25) is 0 Å². The zero-order valence-corrected chi connectivity index (χ0v) is 53.3. The summed E-state index contributed by atoms with van der Waals surface area (Å²) in [5.41, 5.74) is -1.84. The second-order valence-electron chi connectivity index (χ2n) is 22.7. The van der Waals surface area contributed by atoms with Gasteiger partial charge in [-0.2, -0.15) is 16.8 Å². The largest absolute Gasteiger partial charge is 0.508 e. The Morgan fingerprint density at radius 1 is 0.250 bits per heavy atom. The van der Waals surface area contributed by atoms with E-state index in [1.54, 1.807) is 62.3 Å². The lowest BCUT2D eigenvalue weighted by Gasteiger charge is -2.23. The smallest absolute Gasteiger partial charge is 0.425 e. The molecule has 0 spiro atoms. The van der Waals surface area contributed by atoms with Crippen molar-refractivity contribution in [3.63, 3.8) is 0 Å². The van der Waals surface area contributed by atoms with Crippen molar-refractivity contribution in [3.8, 4) is 103 Å². The molecule has 0 saturated heterocycles. The standard InChI is InChI=1S/C10H14O7S.C10H14O6S.2C10H14O4.C10H14O3.3O3S/c1-10(2,3)4-5(11)7(13)9(18(15,16)17)8(14)6(4)12;1-10(2,3)5-4-6(11)7(12)8(13)9(5)17(14,15)16;1-10(2,3)7-5(11)4-6(12)8(13)9(7)14;1-10(2,3)5-4-6(11)8(13)9(14)7(5)12;1-10(2,3)6-4-8(12)9(13)5-7(6)11;3*1-4(2)3/h11-14H,1-3H3,(H,15,16,17);4,11-13H,1-3H3,(H,14,15,16);2*4,11-14H,1-3H3;4-5,11-13H,1-3H3;;;. The summed E-state index contributed by atoms with van der Waals surface area (Å²) in [5, 5.41) is 169. The van der Waals surface area contributed by atoms with E-state index in [4.69, 9.17) is 62.3 Å². The van der Waals surface area contributed by atoms with Crippen molar-refractivity contribution >= 4 is 52.1 Å². The van der Waals surface area contributed by atoms with Crippen molar-refractivity contribution in [2.75, 3.05) is 0 Å². The van der Waals surface area contributed by atoms with Crippen LogP contribution in [0.25, 0.3) is 0 Å². The molecule has 88 heavy (non-hydrogen) atoms. The van der Waals surface area contributed by atoms with Crippen molar-refractivity contribution in [2.45, 2.75) is 141 Å². The maximum Gasteiger partial charge on any atom is 0.425 e. The molecule has 0 atom stereocenters. The van der Waals surface area contributed by atoms with Crippen molar-refractivity contribution in [1.29, 1.82) is 0 Å². The zero-order chi connectivity index (χ0) is 71.2. The molecule has 0 unspecified atom stereocenters. The molecule has 20 N–H and O–H groups in total. The van der Waals surface area contributed by atoms with Crippen LogP contribution in [0.3, 0.4) is 0 Å². The molecule has 0 aromatic heterocycles. The Morgan fingerprint density at radius 3 is 0.795 bits per heavy atom. The van der Waals surface area contributed by atoms with Gasteiger partial charge in [0.2, 0.25) is 23.0 Å². The van der Waals surface area contributed by atoms with Gasteiger partial charge < -0.3 is 91.9 Å². The molecule has 5 rings (SSSR count). The summed E-state index contributed by atoms with van der Waals surface area (Å²) in [4.78, 5) is -2.12. The fourth-order valence-corrected chi connectivity index (χ4v) is 8.49. The quantitative estimate of drug-likeness (QED) is 0.0620. The van der Waals surface area contributed by atoms with E-state index in [2.05, 4.69) is 0 Å². The Balaban J connectivity index is -0.000000982. The molecule has 0 fully saturated rings. The summed E-state index contributed by atoms with van der Waals surface area (Å²) < 4.78 is 138. The monoisotopic (exact) mass is 1360 g/mol. The molecule has 38 heteroatoms. The molecule has 0 heterocycles. The third-order valence-electron chi connectivity index (χ3n) is 10.6. The van der Waals surface area contributed by atoms with Crippen LogP contribution in [-0.4, -0.2) is 156 Å². The molecule has 0 aliphatic rings. The van der Waals surface area contributed by atoms with Gasteiger partial charge >= 0.3 is 41.9 Å². The van der Waals surface area contributed by atoms with Crippen LogP contribution in [0, 0.1) is 0 Å². The molecule has 5 aromatic carbocycles. The first-order valence-corrected chi connectivity index (χ1v) is 29.5. The third kappa shape index (κ3) is 25.3. The number of phenols is 18. The van der Waals surface area contributed by atoms with E-state index in [1.165, 1.54) is 12.1 Å². The van der Waals surface area contributed by atoms with E-state index in [-0.39, 0.29) is 45.1 Å². The maximum atomic E-state index is 11.2. The van der Waals surface area contributed by atoms with Crippen LogP contribution in [0.1, 0.15) is 132 Å². The lowest BCUT2D eigenvalue weighted by molar-refractivity contribution is 0.333. The second kappa shape index (κ2) is 31.2. The maximum absolute atomic E-state index is 11.2. The third-order valence-corrected chi connectivity index (χ3v) is 12.4. The van der Waals surface area contributed by atoms with Gasteiger partial charge in [-0.05, 0) is 50.8 Å². The topological polar surface area (TPSA) is 627 Å². The van der Waals surface area contributed by atoms with Crippen molar-refractivity contribution < 1.29 is 156 Å². The highest BCUT2D eigenvalue weighted by Crippen LogP contribution is 2.53. The number of benzene rings is 5. The first-order valence-electron chi connectivity index (χ1n) is 23.6. The first-order chi connectivity index (χ1) is 38.9. The molecule has 0 bridgehead atoms. The molecular formula is C50H70O33S5. The van der Waals surface area contributed by atoms with Crippen LogP contribution in [0.5, 0.6) is 103 Å². The SMILES string of the molecule is CC(C)(C)c1c(O)c(O)c(S(=O)(=O)O)c(O)c1O.CC(C)(C)c1c(O)cc(O)c(O)c1O.CC(C)(C)c1cc(O)c(O)c(O)c1O.CC(C)(C)c1cc(O)c(O)c(O)c1S(=O)(=O)O.CC(C)(C)c1cc(O)c(O)cc1O.O=S(=O)=O.O=S(=O)=O.O=S(=O)=O. The molecule has 33 nitrogen and oxygen atoms in total. The predicted molar refractivity (Wildman–Crippen MR) is 304 cm³/mol. The molecule has 0 aliphatic carbocycles. The normalized spacial score (nSPS) is 11.3. The van der Waals surface area contributed by atoms with Crippen molar-refractivity contribution in [2.24, 2.45) is 0 Å². The number of aromatic hydroxyl groups is 18. The van der Waals surface area contributed by atoms with Gasteiger partial charge in [0.15, 0.2) is 73.9 Å². The van der Waals surface area contributed by atoms with Crippen molar-refractivity contribution in [3.05, 3.63) is 58.1 Å². The molecule has 5 aromatic rings. The fourth-order valence-electron chi connectivity index (χ4n) is 6.82. The van der Waals surface area contributed by atoms with E-state index in [1.807, 2.05) is 41.5 Å². The summed E-state index contributed by atoms with van der Waals surface area (Å²) in [6.07, 6.45) is 0. The summed E-state index contributed by atoms with van der Waals surface area (Å²) in [6.45, 7) is 26.1. The van der Waals surface area contributed by atoms with E-state index in [0.29, 0.717) is 11.1 Å². The van der Waals surface area contributed by atoms with Gasteiger partial charge in [0.25, 0.3) is 10.1 Å². The van der Waals surface area contributed by atoms with Crippen LogP contribution >= 0.6 is 0 Å². The molecule has 0 amide bonds. The number of hydrogen-bond acceptors (Lipinski definition) is 31. The summed E-state index contributed by atoms with van der Waals surface area (Å²) in [5.74, 6) is -11.5. The van der Waals surface area contributed by atoms with Gasteiger partial charge in [0.1, 0.15) is 16.4 Å². The minimum atomic E-state index is -4.99. The molecule has 498 valence electrons. The minimum Gasteiger partial charge on any atom is -0.508 e. The van der Waals surface area contributed by atoms with Crippen LogP contribution in [0.15, 0.2) is 40.1 Å². The van der Waals surface area contributed by atoms with Gasteiger partial charge in [-0.15, -0.1) is 37.9 Å². The molecule has 0 radical (unpaired) electrons. The molecular weight excluding hydrogens is 1290 g/mol. The predicted octanol–water partition coefficient (Wildman–Crippen LogP) is 5.10. The molecule has 0 saturated carbocycles. The average Bonchev–Trinajstić information content (AvgIpc) is 3.28. The number of rotatable bonds is 2. The summed E-state index contributed by atoms with van der Waals surface area (Å²) in [6, 6.07) is 5.78. The molecule has 0 aliphatic heterocycles. The van der Waals surface area contributed by atoms with Gasteiger partial charge in [0, 0.05) is 34.4 Å². The van der Waals surface area contributed by atoms with Crippen LogP contribution < -0.4 is 0 Å². The Bertz CT molecular complexity index is 3810. The van der Waals surface area contributed by atoms with E-state index in [0.717, 1.165) is 18.2 Å². The lowest BCUT2D eigenvalue weighted by atomic mass is 9.85. The highest BCUT2D eigenvalue weighted by molar-refractivity contribution is 7.86.